The monoisotopic (exact) mass is 255 g/mol. The van der Waals surface area contributed by atoms with E-state index < -0.39 is 0 Å². The van der Waals surface area contributed by atoms with Crippen molar-refractivity contribution in [3.63, 3.8) is 0 Å². The van der Waals surface area contributed by atoms with Gasteiger partial charge in [-0.1, -0.05) is 13.8 Å². The Morgan fingerprint density at radius 1 is 1.41 bits per heavy atom. The molecule has 0 saturated heterocycles. The molecule has 0 unspecified atom stereocenters. The summed E-state index contributed by atoms with van der Waals surface area (Å²) >= 11 is 5.66. The topological polar surface area (TPSA) is 54.9 Å². The fourth-order valence-corrected chi connectivity index (χ4v) is 1.61. The fourth-order valence-electron chi connectivity index (χ4n) is 1.47. The standard InChI is InChI=1S/C12H18ClN3O/c1-12(2,4-3-5-13)8-16-11(17)10-6-14-9-15-7-10/h6-7,9H,3-5,8H2,1-2H3,(H,16,17). The van der Waals surface area contributed by atoms with E-state index >= 15 is 0 Å². The molecule has 0 aliphatic carbocycles. The highest BCUT2D eigenvalue weighted by molar-refractivity contribution is 6.17. The summed E-state index contributed by atoms with van der Waals surface area (Å²) < 4.78 is 0. The highest BCUT2D eigenvalue weighted by atomic mass is 35.5. The van der Waals surface area contributed by atoms with Gasteiger partial charge in [-0.25, -0.2) is 9.97 Å². The third-order valence-electron chi connectivity index (χ3n) is 2.54. The molecule has 0 atom stereocenters. The lowest BCUT2D eigenvalue weighted by Crippen LogP contribution is -2.34. The Hall–Kier alpha value is -1.16. The first-order valence-electron chi connectivity index (χ1n) is 5.64. The maximum atomic E-state index is 11.7. The number of hydrogen-bond acceptors (Lipinski definition) is 3. The minimum Gasteiger partial charge on any atom is -0.351 e. The normalized spacial score (nSPS) is 11.2. The molecule has 5 heteroatoms. The van der Waals surface area contributed by atoms with E-state index in [9.17, 15) is 4.79 Å². The molecule has 1 rings (SSSR count). The van der Waals surface area contributed by atoms with Crippen molar-refractivity contribution >= 4 is 17.5 Å². The molecule has 0 aliphatic rings. The van der Waals surface area contributed by atoms with E-state index in [4.69, 9.17) is 11.6 Å². The first-order chi connectivity index (χ1) is 8.05. The summed E-state index contributed by atoms with van der Waals surface area (Å²) in [7, 11) is 0. The summed E-state index contributed by atoms with van der Waals surface area (Å²) in [5.74, 6) is 0.522. The van der Waals surface area contributed by atoms with Crippen LogP contribution in [0.4, 0.5) is 0 Å². The lowest BCUT2D eigenvalue weighted by atomic mass is 9.88. The summed E-state index contributed by atoms with van der Waals surface area (Å²) in [4.78, 5) is 19.4. The molecule has 17 heavy (non-hydrogen) atoms. The van der Waals surface area contributed by atoms with Gasteiger partial charge in [0.05, 0.1) is 5.56 Å². The van der Waals surface area contributed by atoms with Crippen LogP contribution >= 0.6 is 11.6 Å². The SMILES string of the molecule is CC(C)(CCCCl)CNC(=O)c1cncnc1. The molecule has 1 amide bonds. The van der Waals surface area contributed by atoms with Crippen molar-refractivity contribution in [1.29, 1.82) is 0 Å². The van der Waals surface area contributed by atoms with E-state index in [1.807, 2.05) is 0 Å². The van der Waals surface area contributed by atoms with Crippen molar-refractivity contribution in [1.82, 2.24) is 15.3 Å². The molecule has 0 radical (unpaired) electrons. The van der Waals surface area contributed by atoms with Gasteiger partial charge in [-0.2, -0.15) is 0 Å². The first kappa shape index (κ1) is 13.9. The number of alkyl halides is 1. The van der Waals surface area contributed by atoms with Gasteiger partial charge in [-0.15, -0.1) is 11.6 Å². The van der Waals surface area contributed by atoms with Gasteiger partial charge in [0.15, 0.2) is 0 Å². The van der Waals surface area contributed by atoms with E-state index in [2.05, 4.69) is 29.1 Å². The molecule has 1 N–H and O–H groups in total. The Balaban J connectivity index is 2.43. The Labute approximate surface area is 107 Å². The maximum absolute atomic E-state index is 11.7. The van der Waals surface area contributed by atoms with E-state index in [-0.39, 0.29) is 11.3 Å². The van der Waals surface area contributed by atoms with Crippen molar-refractivity contribution < 1.29 is 4.79 Å². The number of hydrogen-bond donors (Lipinski definition) is 1. The van der Waals surface area contributed by atoms with Gasteiger partial charge in [-0.05, 0) is 18.3 Å². The van der Waals surface area contributed by atoms with Crippen molar-refractivity contribution in [3.8, 4) is 0 Å². The van der Waals surface area contributed by atoms with Crippen LogP contribution in [0.1, 0.15) is 37.0 Å². The minimum absolute atomic E-state index is 0.0557. The van der Waals surface area contributed by atoms with E-state index in [0.29, 0.717) is 18.0 Å². The molecular weight excluding hydrogens is 238 g/mol. The first-order valence-corrected chi connectivity index (χ1v) is 6.18. The van der Waals surface area contributed by atoms with Crippen LogP contribution in [0.15, 0.2) is 18.7 Å². The molecule has 94 valence electrons. The maximum Gasteiger partial charge on any atom is 0.254 e. The van der Waals surface area contributed by atoms with Crippen LogP contribution < -0.4 is 5.32 Å². The Bertz CT molecular complexity index is 354. The molecule has 0 aliphatic heterocycles. The van der Waals surface area contributed by atoms with Crippen LogP contribution in [0, 0.1) is 5.41 Å². The highest BCUT2D eigenvalue weighted by Crippen LogP contribution is 2.21. The molecule has 1 aromatic rings. The molecule has 0 bridgehead atoms. The molecule has 1 aromatic heterocycles. The Morgan fingerprint density at radius 2 is 2.06 bits per heavy atom. The molecular formula is C12H18ClN3O. The summed E-state index contributed by atoms with van der Waals surface area (Å²) in [5.41, 5.74) is 0.542. The Morgan fingerprint density at radius 3 is 2.65 bits per heavy atom. The summed E-state index contributed by atoms with van der Waals surface area (Å²) in [5, 5.41) is 2.89. The molecule has 1 heterocycles. The van der Waals surface area contributed by atoms with Crippen molar-refractivity contribution in [2.24, 2.45) is 5.41 Å². The second-order valence-electron chi connectivity index (χ2n) is 4.77. The zero-order valence-corrected chi connectivity index (χ0v) is 11.0. The van der Waals surface area contributed by atoms with Crippen LogP contribution in [-0.2, 0) is 0 Å². The molecule has 0 aromatic carbocycles. The van der Waals surface area contributed by atoms with Gasteiger partial charge in [0.25, 0.3) is 5.91 Å². The quantitative estimate of drug-likeness (QED) is 0.794. The summed E-state index contributed by atoms with van der Waals surface area (Å²) in [6, 6.07) is 0. The van der Waals surface area contributed by atoms with Crippen LogP contribution in [-0.4, -0.2) is 28.3 Å². The number of nitrogens with one attached hydrogen (secondary N) is 1. The number of halogens is 1. The smallest absolute Gasteiger partial charge is 0.254 e. The van der Waals surface area contributed by atoms with Crippen molar-refractivity contribution in [2.75, 3.05) is 12.4 Å². The van der Waals surface area contributed by atoms with Gasteiger partial charge < -0.3 is 5.32 Å². The zero-order chi connectivity index (χ0) is 12.7. The third kappa shape index (κ3) is 5.13. The number of carbonyl (C=O) groups is 1. The van der Waals surface area contributed by atoms with Gasteiger partial charge >= 0.3 is 0 Å². The number of aromatic nitrogens is 2. The largest absolute Gasteiger partial charge is 0.351 e. The second kappa shape index (κ2) is 6.55. The minimum atomic E-state index is -0.135. The predicted molar refractivity (Wildman–Crippen MR) is 68.1 cm³/mol. The molecule has 4 nitrogen and oxygen atoms in total. The number of carbonyl (C=O) groups excluding carboxylic acids is 1. The van der Waals surface area contributed by atoms with E-state index in [0.717, 1.165) is 12.8 Å². The van der Waals surface area contributed by atoms with E-state index in [1.54, 1.807) is 0 Å². The fraction of sp³-hybridized carbons (Fsp3) is 0.583. The van der Waals surface area contributed by atoms with Gasteiger partial charge in [-0.3, -0.25) is 4.79 Å². The molecule has 0 fully saturated rings. The summed E-state index contributed by atoms with van der Waals surface area (Å²) in [6.07, 6.45) is 6.37. The lowest BCUT2D eigenvalue weighted by Gasteiger charge is -2.24. The number of rotatable bonds is 6. The number of amides is 1. The van der Waals surface area contributed by atoms with Gasteiger partial charge in [0.2, 0.25) is 0 Å². The Kier molecular flexibility index (Phi) is 5.35. The van der Waals surface area contributed by atoms with Crippen LogP contribution in [0.2, 0.25) is 0 Å². The molecule has 0 spiro atoms. The lowest BCUT2D eigenvalue weighted by molar-refractivity contribution is 0.0934. The van der Waals surface area contributed by atoms with Gasteiger partial charge in [0, 0.05) is 24.8 Å². The average molecular weight is 256 g/mol. The average Bonchev–Trinajstić information content (AvgIpc) is 2.35. The predicted octanol–water partition coefficient (Wildman–Crippen LogP) is 2.25. The van der Waals surface area contributed by atoms with Gasteiger partial charge in [0.1, 0.15) is 6.33 Å². The second-order valence-corrected chi connectivity index (χ2v) is 5.14. The van der Waals surface area contributed by atoms with Crippen molar-refractivity contribution in [3.05, 3.63) is 24.3 Å². The van der Waals surface area contributed by atoms with Crippen LogP contribution in [0.25, 0.3) is 0 Å². The zero-order valence-electron chi connectivity index (χ0n) is 10.2. The number of nitrogens with zero attached hydrogens (tertiary/aromatic N) is 2. The van der Waals surface area contributed by atoms with E-state index in [1.165, 1.54) is 18.7 Å². The van der Waals surface area contributed by atoms with Crippen LogP contribution in [0.5, 0.6) is 0 Å². The highest BCUT2D eigenvalue weighted by Gasteiger charge is 2.18. The molecule has 0 saturated carbocycles. The summed E-state index contributed by atoms with van der Waals surface area (Å²) in [6.45, 7) is 4.85. The third-order valence-corrected chi connectivity index (χ3v) is 2.80. The van der Waals surface area contributed by atoms with Crippen molar-refractivity contribution in [2.45, 2.75) is 26.7 Å². The van der Waals surface area contributed by atoms with Crippen LogP contribution in [0.3, 0.4) is 0 Å².